The fourth-order valence-electron chi connectivity index (χ4n) is 1.57. The maximum atomic E-state index is 11.7. The summed E-state index contributed by atoms with van der Waals surface area (Å²) < 4.78 is 5.43. The number of carbonyl (C=O) groups excluding carboxylic acids is 2. The van der Waals surface area contributed by atoms with Crippen LogP contribution in [0.15, 0.2) is 22.7 Å². The first-order valence-corrected chi connectivity index (χ1v) is 7.48. The van der Waals surface area contributed by atoms with Crippen LogP contribution in [-0.4, -0.2) is 23.8 Å². The van der Waals surface area contributed by atoms with E-state index in [1.54, 1.807) is 18.2 Å². The minimum Gasteiger partial charge on any atom is -0.464 e. The number of rotatable bonds is 3. The van der Waals surface area contributed by atoms with Gasteiger partial charge in [-0.2, -0.15) is 0 Å². The van der Waals surface area contributed by atoms with Crippen molar-refractivity contribution in [2.24, 2.45) is 0 Å². The van der Waals surface area contributed by atoms with Crippen LogP contribution in [0.4, 0.5) is 0 Å². The third kappa shape index (κ3) is 2.92. The van der Waals surface area contributed by atoms with E-state index in [1.165, 1.54) is 14.0 Å². The zero-order valence-corrected chi connectivity index (χ0v) is 13.7. The second-order valence-electron chi connectivity index (χ2n) is 3.87. The first-order valence-electron chi connectivity index (χ1n) is 5.49. The normalized spacial score (nSPS) is 10.4. The lowest BCUT2D eigenvalue weighted by atomic mass is 10.2. The molecule has 0 saturated carbocycles. The smallest absolute Gasteiger partial charge is 0.358 e. The third-order valence-electron chi connectivity index (χ3n) is 2.48. The van der Waals surface area contributed by atoms with E-state index < -0.39 is 5.97 Å². The predicted octanol–water partition coefficient (Wildman–Crippen LogP) is 4.22. The number of aromatic nitrogens is 1. The van der Waals surface area contributed by atoms with Gasteiger partial charge in [0.15, 0.2) is 11.5 Å². The van der Waals surface area contributed by atoms with Gasteiger partial charge in [0.1, 0.15) is 9.88 Å². The van der Waals surface area contributed by atoms with E-state index in [0.717, 1.165) is 21.4 Å². The van der Waals surface area contributed by atoms with Gasteiger partial charge in [0.2, 0.25) is 0 Å². The van der Waals surface area contributed by atoms with Crippen molar-refractivity contribution in [1.29, 1.82) is 0 Å². The molecular weight excluding hydrogens is 366 g/mol. The molecule has 4 nitrogen and oxygen atoms in total. The zero-order chi connectivity index (χ0) is 14.9. The lowest BCUT2D eigenvalue weighted by Crippen LogP contribution is -2.06. The summed E-state index contributed by atoms with van der Waals surface area (Å²) in [4.78, 5) is 27.8. The summed E-state index contributed by atoms with van der Waals surface area (Å²) >= 11 is 10.5. The molecule has 0 atom stereocenters. The lowest BCUT2D eigenvalue weighted by molar-refractivity contribution is 0.0591. The van der Waals surface area contributed by atoms with Crippen molar-refractivity contribution < 1.29 is 14.3 Å². The Morgan fingerprint density at radius 2 is 2.10 bits per heavy atom. The molecule has 0 fully saturated rings. The summed E-state index contributed by atoms with van der Waals surface area (Å²) in [7, 11) is 1.25. The van der Waals surface area contributed by atoms with Gasteiger partial charge in [0, 0.05) is 22.0 Å². The topological polar surface area (TPSA) is 56.3 Å². The van der Waals surface area contributed by atoms with E-state index in [1.807, 2.05) is 0 Å². The second kappa shape index (κ2) is 6.03. The van der Waals surface area contributed by atoms with Gasteiger partial charge in [-0.15, -0.1) is 11.3 Å². The highest BCUT2D eigenvalue weighted by atomic mass is 79.9. The summed E-state index contributed by atoms with van der Waals surface area (Å²) in [5, 5.41) is 1.08. The molecule has 1 aromatic heterocycles. The molecule has 0 amide bonds. The number of halogens is 2. The van der Waals surface area contributed by atoms with Crippen molar-refractivity contribution in [3.63, 3.8) is 0 Å². The zero-order valence-electron chi connectivity index (χ0n) is 10.6. The molecule has 0 saturated heterocycles. The van der Waals surface area contributed by atoms with Gasteiger partial charge >= 0.3 is 5.97 Å². The first-order chi connectivity index (χ1) is 9.43. The summed E-state index contributed by atoms with van der Waals surface area (Å²) in [5.41, 5.74) is 0.757. The van der Waals surface area contributed by atoms with Gasteiger partial charge in [0.05, 0.1) is 7.11 Å². The molecule has 0 aliphatic rings. The third-order valence-corrected chi connectivity index (χ3v) is 4.60. The molecule has 0 bridgehead atoms. The van der Waals surface area contributed by atoms with Crippen LogP contribution >= 0.6 is 38.9 Å². The molecule has 2 aromatic rings. The van der Waals surface area contributed by atoms with Gasteiger partial charge in [-0.05, 0) is 18.2 Å². The van der Waals surface area contributed by atoms with Crippen molar-refractivity contribution in [3.05, 3.63) is 38.3 Å². The number of carbonyl (C=O) groups is 2. The molecule has 0 N–H and O–H groups in total. The van der Waals surface area contributed by atoms with Crippen LogP contribution in [0.1, 0.15) is 27.1 Å². The quantitative estimate of drug-likeness (QED) is 0.596. The fourth-order valence-corrected chi connectivity index (χ4v) is 3.29. The monoisotopic (exact) mass is 373 g/mol. The van der Waals surface area contributed by atoms with Gasteiger partial charge < -0.3 is 4.74 Å². The second-order valence-corrected chi connectivity index (χ2v) is 6.16. The van der Waals surface area contributed by atoms with E-state index >= 15 is 0 Å². The molecule has 0 unspecified atom stereocenters. The average Bonchev–Trinajstić information content (AvgIpc) is 2.85. The van der Waals surface area contributed by atoms with Crippen LogP contribution in [0.3, 0.4) is 0 Å². The van der Waals surface area contributed by atoms with Crippen molar-refractivity contribution in [2.45, 2.75) is 6.92 Å². The van der Waals surface area contributed by atoms with Crippen molar-refractivity contribution in [2.75, 3.05) is 7.11 Å². The number of nitrogens with zero attached hydrogens (tertiary/aromatic N) is 1. The number of ketones is 1. The molecule has 2 rings (SSSR count). The van der Waals surface area contributed by atoms with E-state index in [2.05, 4.69) is 25.7 Å². The lowest BCUT2D eigenvalue weighted by Gasteiger charge is -2.00. The van der Waals surface area contributed by atoms with Crippen LogP contribution in [0.25, 0.3) is 10.6 Å². The van der Waals surface area contributed by atoms with Crippen molar-refractivity contribution in [1.82, 2.24) is 4.98 Å². The number of thiazole rings is 1. The summed E-state index contributed by atoms with van der Waals surface area (Å²) in [5.74, 6) is -0.858. The highest BCUT2D eigenvalue weighted by molar-refractivity contribution is 9.10. The standard InChI is InChI=1S/C13H9BrClNO3S/c1-6(17)11-10(13(18)19-2)16-12(20-11)8-5-7(15)3-4-9(8)14/h3-5H,1-2H3. The average molecular weight is 375 g/mol. The highest BCUT2D eigenvalue weighted by Crippen LogP contribution is 2.35. The van der Waals surface area contributed by atoms with E-state index in [4.69, 9.17) is 11.6 Å². The van der Waals surface area contributed by atoms with Gasteiger partial charge in [-0.25, -0.2) is 9.78 Å². The summed E-state index contributed by atoms with van der Waals surface area (Å²) in [6.07, 6.45) is 0. The van der Waals surface area contributed by atoms with Crippen LogP contribution in [0.5, 0.6) is 0 Å². The Hall–Kier alpha value is -1.24. The fraction of sp³-hybridized carbons (Fsp3) is 0.154. The Morgan fingerprint density at radius 1 is 1.40 bits per heavy atom. The molecular formula is C13H9BrClNO3S. The van der Waals surface area contributed by atoms with E-state index in [9.17, 15) is 9.59 Å². The van der Waals surface area contributed by atoms with E-state index in [-0.39, 0.29) is 16.4 Å². The van der Waals surface area contributed by atoms with Gasteiger partial charge in [-0.3, -0.25) is 4.79 Å². The number of methoxy groups -OCH3 is 1. The predicted molar refractivity (Wildman–Crippen MR) is 81.6 cm³/mol. The van der Waals surface area contributed by atoms with Crippen LogP contribution < -0.4 is 0 Å². The number of ether oxygens (including phenoxy) is 1. The molecule has 1 aromatic carbocycles. The Balaban J connectivity index is 2.61. The first kappa shape index (κ1) is 15.2. The number of hydrogen-bond acceptors (Lipinski definition) is 5. The molecule has 20 heavy (non-hydrogen) atoms. The maximum absolute atomic E-state index is 11.7. The Kier molecular flexibility index (Phi) is 4.57. The molecule has 104 valence electrons. The number of benzene rings is 1. The van der Waals surface area contributed by atoms with Crippen molar-refractivity contribution in [3.8, 4) is 10.6 Å². The molecule has 0 radical (unpaired) electrons. The Morgan fingerprint density at radius 3 is 2.70 bits per heavy atom. The summed E-state index contributed by atoms with van der Waals surface area (Å²) in [6.45, 7) is 1.39. The minimum absolute atomic E-state index is 0.0341. The molecule has 0 aliphatic carbocycles. The number of Topliss-reactive ketones (excluding diaryl/α,β-unsaturated/α-hetero) is 1. The minimum atomic E-state index is -0.629. The van der Waals surface area contributed by atoms with Crippen LogP contribution in [0, 0.1) is 0 Å². The number of esters is 1. The largest absolute Gasteiger partial charge is 0.464 e. The molecule has 7 heteroatoms. The highest BCUT2D eigenvalue weighted by Gasteiger charge is 2.23. The molecule has 0 aliphatic heterocycles. The Labute approximate surface area is 132 Å². The van der Waals surface area contributed by atoms with E-state index in [0.29, 0.717) is 10.0 Å². The SMILES string of the molecule is COC(=O)c1nc(-c2cc(Cl)ccc2Br)sc1C(C)=O. The molecule has 1 heterocycles. The summed E-state index contributed by atoms with van der Waals surface area (Å²) in [6, 6.07) is 5.23. The molecule has 0 spiro atoms. The van der Waals surface area contributed by atoms with Crippen LogP contribution in [0.2, 0.25) is 5.02 Å². The van der Waals surface area contributed by atoms with Gasteiger partial charge in [0.25, 0.3) is 0 Å². The van der Waals surface area contributed by atoms with Gasteiger partial charge in [-0.1, -0.05) is 27.5 Å². The number of hydrogen-bond donors (Lipinski definition) is 0. The Bertz CT molecular complexity index is 699. The maximum Gasteiger partial charge on any atom is 0.358 e. The van der Waals surface area contributed by atoms with Crippen molar-refractivity contribution >= 4 is 50.6 Å². The van der Waals surface area contributed by atoms with Crippen LogP contribution in [-0.2, 0) is 4.74 Å².